The van der Waals surface area contributed by atoms with Gasteiger partial charge in [-0.05, 0) is 36.4 Å². The van der Waals surface area contributed by atoms with E-state index in [1.807, 2.05) is 42.5 Å². The zero-order chi connectivity index (χ0) is 16.9. The minimum absolute atomic E-state index is 0.0521. The summed E-state index contributed by atoms with van der Waals surface area (Å²) in [5.74, 6) is -0.129. The summed E-state index contributed by atoms with van der Waals surface area (Å²) in [5.41, 5.74) is 7.71. The fraction of sp³-hybridized carbons (Fsp3) is 0. The summed E-state index contributed by atoms with van der Waals surface area (Å²) in [6.45, 7) is 0. The lowest BCUT2D eigenvalue weighted by atomic mass is 10.2. The van der Waals surface area contributed by atoms with Crippen LogP contribution in [0.3, 0.4) is 0 Å². The molecule has 0 unspecified atom stereocenters. The van der Waals surface area contributed by atoms with E-state index in [0.29, 0.717) is 5.69 Å². The number of nitrogens with two attached hydrogens (primary N) is 1. The van der Waals surface area contributed by atoms with Crippen LogP contribution in [0.15, 0.2) is 60.9 Å². The van der Waals surface area contributed by atoms with Gasteiger partial charge in [-0.15, -0.1) is 0 Å². The number of hydrogen-bond donors (Lipinski definition) is 3. The highest BCUT2D eigenvalue weighted by molar-refractivity contribution is 5.73. The third-order valence-corrected chi connectivity index (χ3v) is 3.24. The average Bonchev–Trinajstić information content (AvgIpc) is 2.57. The molecule has 8 heteroatoms. The molecule has 0 saturated carbocycles. The van der Waals surface area contributed by atoms with Crippen LogP contribution in [-0.4, -0.2) is 14.9 Å². The number of nitrogens with zero attached hydrogens (tertiary/aromatic N) is 3. The molecule has 0 aliphatic heterocycles. The van der Waals surface area contributed by atoms with E-state index in [0.717, 1.165) is 11.4 Å². The molecule has 2 aromatic carbocycles. The lowest BCUT2D eigenvalue weighted by Crippen LogP contribution is -2.05. The summed E-state index contributed by atoms with van der Waals surface area (Å²) < 4.78 is 0. The van der Waals surface area contributed by atoms with Gasteiger partial charge in [0.1, 0.15) is 6.33 Å². The van der Waals surface area contributed by atoms with Crippen molar-refractivity contribution in [1.82, 2.24) is 9.97 Å². The van der Waals surface area contributed by atoms with Crippen molar-refractivity contribution in [3.8, 4) is 0 Å². The number of benzene rings is 2. The van der Waals surface area contributed by atoms with Crippen molar-refractivity contribution in [2.45, 2.75) is 0 Å². The SMILES string of the molecule is Nc1ncnc(Nc2ccc(Nc3ccccc3)cc2)c1[N+](=O)[O-]. The van der Waals surface area contributed by atoms with Gasteiger partial charge in [-0.1, -0.05) is 18.2 Å². The molecular weight excluding hydrogens is 308 g/mol. The highest BCUT2D eigenvalue weighted by Gasteiger charge is 2.20. The van der Waals surface area contributed by atoms with Crippen molar-refractivity contribution >= 4 is 34.4 Å². The van der Waals surface area contributed by atoms with Crippen molar-refractivity contribution in [2.24, 2.45) is 0 Å². The zero-order valence-corrected chi connectivity index (χ0v) is 12.5. The Morgan fingerprint density at radius 3 is 2.08 bits per heavy atom. The Kier molecular flexibility index (Phi) is 4.19. The number of hydrogen-bond acceptors (Lipinski definition) is 7. The molecule has 0 fully saturated rings. The van der Waals surface area contributed by atoms with Gasteiger partial charge in [0.05, 0.1) is 4.92 Å². The first kappa shape index (κ1) is 15.2. The molecule has 1 aromatic heterocycles. The summed E-state index contributed by atoms with van der Waals surface area (Å²) in [6, 6.07) is 17.0. The van der Waals surface area contributed by atoms with Gasteiger partial charge in [-0.25, -0.2) is 9.97 Å². The van der Waals surface area contributed by atoms with Crippen molar-refractivity contribution in [3.05, 3.63) is 71.0 Å². The van der Waals surface area contributed by atoms with Gasteiger partial charge in [-0.2, -0.15) is 0 Å². The molecule has 0 radical (unpaired) electrons. The second-order valence-corrected chi connectivity index (χ2v) is 4.91. The summed E-state index contributed by atoms with van der Waals surface area (Å²) in [7, 11) is 0. The molecule has 0 amide bonds. The summed E-state index contributed by atoms with van der Waals surface area (Å²) in [6.07, 6.45) is 1.18. The van der Waals surface area contributed by atoms with E-state index in [-0.39, 0.29) is 17.3 Å². The normalized spacial score (nSPS) is 10.2. The van der Waals surface area contributed by atoms with Crippen molar-refractivity contribution in [3.63, 3.8) is 0 Å². The number of rotatable bonds is 5. The molecule has 1 heterocycles. The quantitative estimate of drug-likeness (QED) is 0.486. The van der Waals surface area contributed by atoms with Crippen LogP contribution in [0.2, 0.25) is 0 Å². The highest BCUT2D eigenvalue weighted by atomic mass is 16.6. The molecule has 3 rings (SSSR count). The third-order valence-electron chi connectivity index (χ3n) is 3.24. The van der Waals surface area contributed by atoms with Crippen LogP contribution in [0.1, 0.15) is 0 Å². The van der Waals surface area contributed by atoms with E-state index in [2.05, 4.69) is 20.6 Å². The third kappa shape index (κ3) is 3.38. The molecule has 0 atom stereocenters. The van der Waals surface area contributed by atoms with E-state index in [1.54, 1.807) is 12.1 Å². The summed E-state index contributed by atoms with van der Waals surface area (Å²) in [4.78, 5) is 18.0. The standard InChI is InChI=1S/C16H14N6O2/c17-15-14(22(23)24)16(19-10-18-15)21-13-8-6-12(7-9-13)20-11-4-2-1-3-5-11/h1-10,20H,(H3,17,18,19,21). The molecule has 8 nitrogen and oxygen atoms in total. The monoisotopic (exact) mass is 322 g/mol. The number of anilines is 5. The van der Waals surface area contributed by atoms with Gasteiger partial charge in [0, 0.05) is 17.1 Å². The zero-order valence-electron chi connectivity index (χ0n) is 12.5. The van der Waals surface area contributed by atoms with Gasteiger partial charge in [0.25, 0.3) is 0 Å². The number of para-hydroxylation sites is 1. The average molecular weight is 322 g/mol. The van der Waals surface area contributed by atoms with Gasteiger partial charge >= 0.3 is 5.69 Å². The number of nitrogen functional groups attached to an aromatic ring is 1. The second-order valence-electron chi connectivity index (χ2n) is 4.91. The predicted octanol–water partition coefficient (Wildman–Crippen LogP) is 3.45. The first-order valence-electron chi connectivity index (χ1n) is 7.07. The summed E-state index contributed by atoms with van der Waals surface area (Å²) >= 11 is 0. The first-order chi connectivity index (χ1) is 11.6. The molecule has 24 heavy (non-hydrogen) atoms. The van der Waals surface area contributed by atoms with E-state index in [9.17, 15) is 10.1 Å². The van der Waals surface area contributed by atoms with Gasteiger partial charge in [-0.3, -0.25) is 10.1 Å². The van der Waals surface area contributed by atoms with Crippen molar-refractivity contribution in [2.75, 3.05) is 16.4 Å². The minimum atomic E-state index is -0.608. The Morgan fingerprint density at radius 1 is 0.875 bits per heavy atom. The Balaban J connectivity index is 1.78. The fourth-order valence-electron chi connectivity index (χ4n) is 2.13. The predicted molar refractivity (Wildman–Crippen MR) is 92.5 cm³/mol. The maximum Gasteiger partial charge on any atom is 0.353 e. The Morgan fingerprint density at radius 2 is 1.46 bits per heavy atom. The lowest BCUT2D eigenvalue weighted by molar-refractivity contribution is -0.383. The molecule has 0 aliphatic carbocycles. The maximum absolute atomic E-state index is 11.1. The Labute approximate surface area is 137 Å². The molecule has 3 aromatic rings. The van der Waals surface area contributed by atoms with Crippen LogP contribution in [0.4, 0.5) is 34.4 Å². The molecule has 4 N–H and O–H groups in total. The van der Waals surface area contributed by atoms with Crippen molar-refractivity contribution < 1.29 is 4.92 Å². The molecular formula is C16H14N6O2. The lowest BCUT2D eigenvalue weighted by Gasteiger charge is -2.09. The van der Waals surface area contributed by atoms with Crippen LogP contribution in [0, 0.1) is 10.1 Å². The fourth-order valence-corrected chi connectivity index (χ4v) is 2.13. The molecule has 0 spiro atoms. The van der Waals surface area contributed by atoms with E-state index >= 15 is 0 Å². The van der Waals surface area contributed by atoms with Crippen LogP contribution >= 0.6 is 0 Å². The number of aromatic nitrogens is 2. The largest absolute Gasteiger partial charge is 0.378 e. The van der Waals surface area contributed by atoms with Crippen LogP contribution in [0.25, 0.3) is 0 Å². The summed E-state index contributed by atoms with van der Waals surface area (Å²) in [5, 5.41) is 17.2. The molecule has 0 saturated heterocycles. The van der Waals surface area contributed by atoms with Crippen LogP contribution in [-0.2, 0) is 0 Å². The second kappa shape index (κ2) is 6.61. The first-order valence-corrected chi connectivity index (χ1v) is 7.07. The van der Waals surface area contributed by atoms with E-state index < -0.39 is 4.92 Å². The minimum Gasteiger partial charge on any atom is -0.378 e. The molecule has 120 valence electrons. The smallest absolute Gasteiger partial charge is 0.353 e. The van der Waals surface area contributed by atoms with E-state index in [1.165, 1.54) is 6.33 Å². The topological polar surface area (TPSA) is 119 Å². The Bertz CT molecular complexity index is 852. The number of nitro groups is 1. The van der Waals surface area contributed by atoms with Gasteiger partial charge < -0.3 is 16.4 Å². The van der Waals surface area contributed by atoms with Crippen molar-refractivity contribution in [1.29, 1.82) is 0 Å². The molecule has 0 bridgehead atoms. The highest BCUT2D eigenvalue weighted by Crippen LogP contribution is 2.29. The Hall–Kier alpha value is -3.68. The van der Waals surface area contributed by atoms with E-state index in [4.69, 9.17) is 5.73 Å². The van der Waals surface area contributed by atoms with Crippen LogP contribution in [0.5, 0.6) is 0 Å². The molecule has 0 aliphatic rings. The maximum atomic E-state index is 11.1. The number of nitrogens with one attached hydrogen (secondary N) is 2. The van der Waals surface area contributed by atoms with Gasteiger partial charge in [0.2, 0.25) is 11.6 Å². The van der Waals surface area contributed by atoms with Crippen LogP contribution < -0.4 is 16.4 Å². The van der Waals surface area contributed by atoms with Gasteiger partial charge in [0.15, 0.2) is 0 Å².